The summed E-state index contributed by atoms with van der Waals surface area (Å²) in [5.41, 5.74) is 5.74. The molecule has 31 heavy (non-hydrogen) atoms. The van der Waals surface area contributed by atoms with Crippen LogP contribution in [0.25, 0.3) is 10.4 Å². The van der Waals surface area contributed by atoms with Gasteiger partial charge in [-0.1, -0.05) is 29.4 Å². The molecule has 0 aliphatic carbocycles. The Morgan fingerprint density at radius 2 is 2.06 bits per heavy atom. The van der Waals surface area contributed by atoms with Crippen LogP contribution in [0, 0.1) is 13.8 Å². The molecule has 0 saturated carbocycles. The molecule has 2 aromatic heterocycles. The largest absolute Gasteiger partial charge is 0.360 e. The summed E-state index contributed by atoms with van der Waals surface area (Å²) in [7, 11) is 0. The Bertz CT molecular complexity index is 1070. The molecule has 3 heterocycles. The van der Waals surface area contributed by atoms with Crippen molar-refractivity contribution in [1.29, 1.82) is 0 Å². The highest BCUT2D eigenvalue weighted by Crippen LogP contribution is 2.28. The van der Waals surface area contributed by atoms with Crippen LogP contribution in [0.2, 0.25) is 0 Å². The van der Waals surface area contributed by atoms with E-state index in [1.165, 1.54) is 0 Å². The third kappa shape index (κ3) is 4.54. The fourth-order valence-corrected chi connectivity index (χ4v) is 4.73. The van der Waals surface area contributed by atoms with Crippen LogP contribution >= 0.6 is 11.3 Å². The number of hydrogen-bond donors (Lipinski definition) is 1. The first-order chi connectivity index (χ1) is 14.9. The number of likely N-dealkylation sites (tertiary alicyclic amines) is 1. The topological polar surface area (TPSA) is 88.3 Å². The van der Waals surface area contributed by atoms with E-state index in [0.717, 1.165) is 33.8 Å². The summed E-state index contributed by atoms with van der Waals surface area (Å²) in [6.45, 7) is 6.62. The second-order valence-corrected chi connectivity index (χ2v) is 8.82. The van der Waals surface area contributed by atoms with Crippen LogP contribution in [0.4, 0.5) is 0 Å². The molecule has 162 valence electrons. The van der Waals surface area contributed by atoms with E-state index in [2.05, 4.69) is 27.6 Å². The van der Waals surface area contributed by atoms with Crippen molar-refractivity contribution in [2.45, 2.75) is 52.1 Å². The van der Waals surface area contributed by atoms with Gasteiger partial charge in [0.1, 0.15) is 11.8 Å². The van der Waals surface area contributed by atoms with Gasteiger partial charge in [-0.2, -0.15) is 0 Å². The standard InChI is InChI=1S/C23H26N4O3S/c1-14-11-20(30-26-14)15(2)23(29)27-10-4-5-19(27)22(28)24-12-17-6-8-18(9-7-17)21-16(3)25-13-31-21/h6-9,11,13,15,19H,4-5,10,12H2,1-3H3,(H,24,28)/t15-,19+/m1/s1. The normalized spacial score (nSPS) is 17.0. The summed E-state index contributed by atoms with van der Waals surface area (Å²) in [6, 6.07) is 9.45. The average Bonchev–Trinajstić information content (AvgIpc) is 3.52. The summed E-state index contributed by atoms with van der Waals surface area (Å²) < 4.78 is 5.25. The molecule has 1 fully saturated rings. The number of nitrogens with one attached hydrogen (secondary N) is 1. The molecule has 1 aromatic carbocycles. The van der Waals surface area contributed by atoms with Crippen molar-refractivity contribution in [3.8, 4) is 10.4 Å². The second-order valence-electron chi connectivity index (χ2n) is 7.96. The number of amides is 2. The van der Waals surface area contributed by atoms with Gasteiger partial charge in [0.15, 0.2) is 0 Å². The van der Waals surface area contributed by atoms with E-state index in [-0.39, 0.29) is 11.8 Å². The van der Waals surface area contributed by atoms with E-state index in [4.69, 9.17) is 4.52 Å². The van der Waals surface area contributed by atoms with Crippen LogP contribution in [0.3, 0.4) is 0 Å². The van der Waals surface area contributed by atoms with Gasteiger partial charge in [0, 0.05) is 19.2 Å². The predicted molar refractivity (Wildman–Crippen MR) is 119 cm³/mol. The first kappa shape index (κ1) is 21.2. The highest BCUT2D eigenvalue weighted by atomic mass is 32.1. The minimum absolute atomic E-state index is 0.0990. The van der Waals surface area contributed by atoms with E-state index in [0.29, 0.717) is 25.3 Å². The number of nitrogens with zero attached hydrogens (tertiary/aromatic N) is 3. The van der Waals surface area contributed by atoms with Crippen molar-refractivity contribution < 1.29 is 14.1 Å². The van der Waals surface area contributed by atoms with Crippen LogP contribution in [-0.2, 0) is 16.1 Å². The molecule has 2 amide bonds. The van der Waals surface area contributed by atoms with Crippen molar-refractivity contribution in [3.63, 3.8) is 0 Å². The fraction of sp³-hybridized carbons (Fsp3) is 0.391. The lowest BCUT2D eigenvalue weighted by atomic mass is 10.1. The molecular weight excluding hydrogens is 412 g/mol. The Balaban J connectivity index is 1.36. The quantitative estimate of drug-likeness (QED) is 0.632. The van der Waals surface area contributed by atoms with Gasteiger partial charge >= 0.3 is 0 Å². The minimum Gasteiger partial charge on any atom is -0.360 e. The predicted octanol–water partition coefficient (Wildman–Crippen LogP) is 3.83. The van der Waals surface area contributed by atoms with Crippen molar-refractivity contribution in [2.24, 2.45) is 0 Å². The Morgan fingerprint density at radius 1 is 1.29 bits per heavy atom. The number of benzene rings is 1. The molecule has 4 rings (SSSR count). The third-order valence-electron chi connectivity index (χ3n) is 5.71. The maximum Gasteiger partial charge on any atom is 0.243 e. The molecule has 1 saturated heterocycles. The zero-order valence-corrected chi connectivity index (χ0v) is 18.7. The number of aryl methyl sites for hydroxylation is 2. The van der Waals surface area contributed by atoms with E-state index in [1.54, 1.807) is 29.2 Å². The zero-order valence-electron chi connectivity index (χ0n) is 17.9. The summed E-state index contributed by atoms with van der Waals surface area (Å²) in [6.07, 6.45) is 1.48. The molecule has 0 unspecified atom stereocenters. The van der Waals surface area contributed by atoms with Gasteiger partial charge in [-0.15, -0.1) is 11.3 Å². The van der Waals surface area contributed by atoms with Crippen LogP contribution in [-0.4, -0.2) is 39.4 Å². The minimum atomic E-state index is -0.461. The number of hydrogen-bond acceptors (Lipinski definition) is 6. The lowest BCUT2D eigenvalue weighted by Gasteiger charge is -2.26. The Hall–Kier alpha value is -3.00. The van der Waals surface area contributed by atoms with Gasteiger partial charge in [0.05, 0.1) is 27.7 Å². The number of carbonyl (C=O) groups is 2. The van der Waals surface area contributed by atoms with Gasteiger partial charge in [0.2, 0.25) is 11.8 Å². The molecule has 0 radical (unpaired) electrons. The van der Waals surface area contributed by atoms with E-state index in [9.17, 15) is 9.59 Å². The van der Waals surface area contributed by atoms with Gasteiger partial charge in [-0.05, 0) is 44.7 Å². The highest BCUT2D eigenvalue weighted by Gasteiger charge is 2.37. The molecular formula is C23H26N4O3S. The molecule has 0 spiro atoms. The Kier molecular flexibility index (Phi) is 6.18. The second kappa shape index (κ2) is 9.01. The van der Waals surface area contributed by atoms with Gasteiger partial charge in [-0.3, -0.25) is 9.59 Å². The summed E-state index contributed by atoms with van der Waals surface area (Å²) in [5, 5.41) is 6.86. The first-order valence-electron chi connectivity index (χ1n) is 10.4. The average molecular weight is 439 g/mol. The Labute approximate surface area is 185 Å². The summed E-state index contributed by atoms with van der Waals surface area (Å²) >= 11 is 1.62. The summed E-state index contributed by atoms with van der Waals surface area (Å²) in [4.78, 5) is 32.9. The molecule has 8 heteroatoms. The lowest BCUT2D eigenvalue weighted by molar-refractivity contribution is -0.139. The van der Waals surface area contributed by atoms with E-state index in [1.807, 2.05) is 31.5 Å². The van der Waals surface area contributed by atoms with Gasteiger partial charge in [-0.25, -0.2) is 4.98 Å². The number of aromatic nitrogens is 2. The maximum absolute atomic E-state index is 13.0. The molecule has 0 bridgehead atoms. The number of carbonyl (C=O) groups excluding carboxylic acids is 2. The van der Waals surface area contributed by atoms with Crippen molar-refractivity contribution in [1.82, 2.24) is 20.4 Å². The monoisotopic (exact) mass is 438 g/mol. The molecule has 3 aromatic rings. The maximum atomic E-state index is 13.0. The number of thiazole rings is 1. The Morgan fingerprint density at radius 3 is 2.71 bits per heavy atom. The molecule has 1 aliphatic heterocycles. The molecule has 1 aliphatic rings. The van der Waals surface area contributed by atoms with Crippen molar-refractivity contribution in [3.05, 3.63) is 58.6 Å². The van der Waals surface area contributed by atoms with Crippen LogP contribution in [0.5, 0.6) is 0 Å². The summed E-state index contributed by atoms with van der Waals surface area (Å²) in [5.74, 6) is -0.144. The van der Waals surface area contributed by atoms with Crippen LogP contribution in [0.1, 0.15) is 48.4 Å². The molecule has 7 nitrogen and oxygen atoms in total. The first-order valence-corrected chi connectivity index (χ1v) is 11.3. The smallest absolute Gasteiger partial charge is 0.243 e. The SMILES string of the molecule is Cc1cc([C@@H](C)C(=O)N2CCC[C@H]2C(=O)NCc2ccc(-c3scnc3C)cc2)on1. The van der Waals surface area contributed by atoms with Gasteiger partial charge < -0.3 is 14.7 Å². The van der Waals surface area contributed by atoms with Crippen molar-refractivity contribution >= 4 is 23.2 Å². The van der Waals surface area contributed by atoms with Crippen molar-refractivity contribution in [2.75, 3.05) is 6.54 Å². The van der Waals surface area contributed by atoms with E-state index < -0.39 is 12.0 Å². The zero-order chi connectivity index (χ0) is 22.0. The molecule has 2 atom stereocenters. The van der Waals surface area contributed by atoms with Gasteiger partial charge in [0.25, 0.3) is 0 Å². The molecule has 1 N–H and O–H groups in total. The third-order valence-corrected chi connectivity index (χ3v) is 6.69. The lowest BCUT2D eigenvalue weighted by Crippen LogP contribution is -2.46. The van der Waals surface area contributed by atoms with Crippen LogP contribution < -0.4 is 5.32 Å². The number of rotatable bonds is 6. The van der Waals surface area contributed by atoms with Crippen LogP contribution in [0.15, 0.2) is 40.4 Å². The van der Waals surface area contributed by atoms with E-state index >= 15 is 0 Å². The fourth-order valence-electron chi connectivity index (χ4n) is 3.92. The highest BCUT2D eigenvalue weighted by molar-refractivity contribution is 7.13.